The predicted molar refractivity (Wildman–Crippen MR) is 107 cm³/mol. The number of nitrogen functional groups attached to an aromatic ring is 1. The summed E-state index contributed by atoms with van der Waals surface area (Å²) in [6, 6.07) is 7.73. The Hall–Kier alpha value is -2.01. The normalized spacial score (nSPS) is 32.8. The Kier molecular flexibility index (Phi) is 4.78. The number of hydrogen-bond donors (Lipinski definition) is 2. The lowest BCUT2D eigenvalue weighted by Gasteiger charge is -2.55. The molecule has 5 heteroatoms. The van der Waals surface area contributed by atoms with Crippen molar-refractivity contribution in [2.45, 2.75) is 45.8 Å². The average Bonchev–Trinajstić information content (AvgIpc) is 2.62. The van der Waals surface area contributed by atoms with Crippen LogP contribution in [-0.4, -0.2) is 36.4 Å². The fraction of sp³-hybridized carbons (Fsp3) is 0.524. The molecule has 4 N–H and O–H groups in total. The van der Waals surface area contributed by atoms with E-state index in [0.29, 0.717) is 0 Å². The van der Waals surface area contributed by atoms with Crippen LogP contribution in [0, 0.1) is 5.41 Å². The van der Waals surface area contributed by atoms with E-state index in [1.54, 1.807) is 13.0 Å². The molecule has 0 amide bonds. The zero-order chi connectivity index (χ0) is 19.1. The van der Waals surface area contributed by atoms with Crippen molar-refractivity contribution in [1.29, 1.82) is 0 Å². The highest BCUT2D eigenvalue weighted by molar-refractivity contribution is 5.68. The second kappa shape index (κ2) is 6.62. The number of para-hydroxylation sites is 2. The lowest BCUT2D eigenvalue weighted by Crippen LogP contribution is -2.59. The highest BCUT2D eigenvalue weighted by atomic mass is 19.1. The van der Waals surface area contributed by atoms with Crippen LogP contribution in [0.1, 0.15) is 34.1 Å². The molecule has 3 aliphatic rings. The quantitative estimate of drug-likeness (QED) is 0.594. The molecule has 0 aromatic heterocycles. The van der Waals surface area contributed by atoms with Gasteiger partial charge in [-0.3, -0.25) is 0 Å². The number of benzene rings is 1. The smallest absolute Gasteiger partial charge is 0.150 e. The molecule has 1 aliphatic carbocycles. The van der Waals surface area contributed by atoms with Crippen LogP contribution in [0.25, 0.3) is 0 Å². The SMILES string of the molecule is CC.CC1(F)C=CC2(C)CN(c3ccccc3N)CN3CCC(N)C1=C32. The van der Waals surface area contributed by atoms with Gasteiger partial charge in [-0.15, -0.1) is 0 Å². The van der Waals surface area contributed by atoms with Crippen molar-refractivity contribution in [2.24, 2.45) is 11.1 Å². The molecule has 3 unspecified atom stereocenters. The summed E-state index contributed by atoms with van der Waals surface area (Å²) in [5, 5.41) is 0. The van der Waals surface area contributed by atoms with Gasteiger partial charge < -0.3 is 21.3 Å². The Morgan fingerprint density at radius 1 is 1.12 bits per heavy atom. The lowest BCUT2D eigenvalue weighted by atomic mass is 9.69. The summed E-state index contributed by atoms with van der Waals surface area (Å²) in [5.74, 6) is 0. The fourth-order valence-corrected chi connectivity index (χ4v) is 4.53. The number of nitrogens with zero attached hydrogens (tertiary/aromatic N) is 2. The summed E-state index contributed by atoms with van der Waals surface area (Å²) in [7, 11) is 0. The molecule has 1 aromatic carbocycles. The minimum absolute atomic E-state index is 0.205. The maximum atomic E-state index is 15.1. The van der Waals surface area contributed by atoms with Gasteiger partial charge in [0.15, 0.2) is 5.67 Å². The molecule has 4 rings (SSSR count). The first-order valence-electron chi connectivity index (χ1n) is 9.56. The second-order valence-corrected chi connectivity index (χ2v) is 7.65. The predicted octanol–water partition coefficient (Wildman–Crippen LogP) is 3.66. The van der Waals surface area contributed by atoms with Gasteiger partial charge in [0.05, 0.1) is 18.0 Å². The highest BCUT2D eigenvalue weighted by Crippen LogP contribution is 2.49. The number of alkyl halides is 1. The molecule has 1 fully saturated rings. The van der Waals surface area contributed by atoms with E-state index in [-0.39, 0.29) is 11.5 Å². The summed E-state index contributed by atoms with van der Waals surface area (Å²) < 4.78 is 15.1. The summed E-state index contributed by atoms with van der Waals surface area (Å²) >= 11 is 0. The molecule has 0 saturated carbocycles. The summed E-state index contributed by atoms with van der Waals surface area (Å²) in [6.07, 6.45) is 4.48. The summed E-state index contributed by atoms with van der Waals surface area (Å²) in [6.45, 7) is 10.1. The maximum Gasteiger partial charge on any atom is 0.150 e. The number of halogens is 1. The molecule has 4 nitrogen and oxygen atoms in total. The molecule has 0 spiro atoms. The van der Waals surface area contributed by atoms with Gasteiger partial charge in [-0.2, -0.15) is 0 Å². The first-order valence-corrected chi connectivity index (χ1v) is 9.56. The molecule has 0 bridgehead atoms. The van der Waals surface area contributed by atoms with Gasteiger partial charge in [0.25, 0.3) is 0 Å². The van der Waals surface area contributed by atoms with Crippen molar-refractivity contribution in [3.8, 4) is 0 Å². The zero-order valence-electron chi connectivity index (χ0n) is 16.3. The van der Waals surface area contributed by atoms with Crippen LogP contribution in [0.3, 0.4) is 0 Å². The van der Waals surface area contributed by atoms with Crippen LogP contribution in [0.5, 0.6) is 0 Å². The Bertz CT molecular complexity index is 739. The Morgan fingerprint density at radius 3 is 2.50 bits per heavy atom. The molecular formula is C21H31FN4. The van der Waals surface area contributed by atoms with Crippen LogP contribution in [0.4, 0.5) is 15.8 Å². The topological polar surface area (TPSA) is 58.5 Å². The first-order chi connectivity index (χ1) is 12.3. The van der Waals surface area contributed by atoms with Crippen molar-refractivity contribution in [3.05, 3.63) is 47.7 Å². The molecule has 2 aliphatic heterocycles. The number of allylic oxidation sites excluding steroid dienone is 1. The molecule has 1 aromatic rings. The third-order valence-corrected chi connectivity index (χ3v) is 5.62. The number of rotatable bonds is 1. The second-order valence-electron chi connectivity index (χ2n) is 7.65. The average molecular weight is 359 g/mol. The third-order valence-electron chi connectivity index (χ3n) is 5.62. The first kappa shape index (κ1) is 18.8. The molecule has 1 saturated heterocycles. The van der Waals surface area contributed by atoms with E-state index in [4.69, 9.17) is 11.5 Å². The molecule has 142 valence electrons. The van der Waals surface area contributed by atoms with Gasteiger partial charge in [-0.05, 0) is 38.5 Å². The van der Waals surface area contributed by atoms with Crippen LogP contribution in [0.2, 0.25) is 0 Å². The van der Waals surface area contributed by atoms with Gasteiger partial charge in [0.2, 0.25) is 0 Å². The van der Waals surface area contributed by atoms with E-state index in [2.05, 4.69) is 22.8 Å². The third kappa shape index (κ3) is 2.88. The minimum atomic E-state index is -1.46. The number of anilines is 2. The van der Waals surface area contributed by atoms with Crippen LogP contribution in [-0.2, 0) is 0 Å². The van der Waals surface area contributed by atoms with Gasteiger partial charge in [-0.25, -0.2) is 4.39 Å². The van der Waals surface area contributed by atoms with E-state index >= 15 is 4.39 Å². The molecule has 2 heterocycles. The molecule has 3 atom stereocenters. The van der Waals surface area contributed by atoms with E-state index in [1.165, 1.54) is 0 Å². The Labute approximate surface area is 156 Å². The van der Waals surface area contributed by atoms with Crippen molar-refractivity contribution in [1.82, 2.24) is 4.90 Å². The Balaban J connectivity index is 0.000000948. The highest BCUT2D eigenvalue weighted by Gasteiger charge is 2.49. The zero-order valence-corrected chi connectivity index (χ0v) is 16.3. The number of hydrogen-bond acceptors (Lipinski definition) is 4. The van der Waals surface area contributed by atoms with E-state index in [0.717, 1.165) is 48.8 Å². The van der Waals surface area contributed by atoms with Gasteiger partial charge in [0, 0.05) is 35.8 Å². The van der Waals surface area contributed by atoms with Crippen molar-refractivity contribution < 1.29 is 4.39 Å². The Morgan fingerprint density at radius 2 is 1.81 bits per heavy atom. The van der Waals surface area contributed by atoms with Crippen molar-refractivity contribution in [2.75, 3.05) is 30.4 Å². The minimum Gasteiger partial charge on any atom is -0.397 e. The van der Waals surface area contributed by atoms with Crippen LogP contribution < -0.4 is 16.4 Å². The van der Waals surface area contributed by atoms with Crippen LogP contribution in [0.15, 0.2) is 47.7 Å². The van der Waals surface area contributed by atoms with Gasteiger partial charge in [-0.1, -0.05) is 32.1 Å². The standard InChI is InChI=1S/C19H25FN4.C2H6/c1-18-8-9-19(2,20)16-14(22)7-10-23(17(16)18)12-24(11-18)15-6-4-3-5-13(15)21;1-2/h3-6,8-9,14H,7,10-12,21-22H2,1-2H3;1-2H3. The van der Waals surface area contributed by atoms with E-state index in [1.807, 2.05) is 38.1 Å². The van der Waals surface area contributed by atoms with Crippen molar-refractivity contribution in [3.63, 3.8) is 0 Å². The number of nitrogens with two attached hydrogens (primary N) is 2. The van der Waals surface area contributed by atoms with Gasteiger partial charge >= 0.3 is 0 Å². The largest absolute Gasteiger partial charge is 0.397 e. The van der Waals surface area contributed by atoms with E-state index in [9.17, 15) is 0 Å². The fourth-order valence-electron chi connectivity index (χ4n) is 4.53. The van der Waals surface area contributed by atoms with Crippen molar-refractivity contribution >= 4 is 11.4 Å². The van der Waals surface area contributed by atoms with Crippen LogP contribution >= 0.6 is 0 Å². The van der Waals surface area contributed by atoms with E-state index < -0.39 is 5.67 Å². The molecule has 0 radical (unpaired) electrons. The molecule has 26 heavy (non-hydrogen) atoms. The maximum absolute atomic E-state index is 15.1. The summed E-state index contributed by atoms with van der Waals surface area (Å²) in [5.41, 5.74) is 14.4. The monoisotopic (exact) mass is 358 g/mol. The summed E-state index contributed by atoms with van der Waals surface area (Å²) in [4.78, 5) is 4.58. The molecular weight excluding hydrogens is 327 g/mol. The lowest BCUT2D eigenvalue weighted by molar-refractivity contribution is 0.163. The van der Waals surface area contributed by atoms with Gasteiger partial charge in [0.1, 0.15) is 0 Å².